The molecule has 0 saturated carbocycles. The van der Waals surface area contributed by atoms with Crippen molar-refractivity contribution < 1.29 is 9.90 Å². The molecule has 0 radical (unpaired) electrons. The second kappa shape index (κ2) is 8.53. The van der Waals surface area contributed by atoms with E-state index in [1.165, 1.54) is 0 Å². The maximum Gasteiger partial charge on any atom is 0.148 e. The van der Waals surface area contributed by atoms with E-state index in [4.69, 9.17) is 11.6 Å². The van der Waals surface area contributed by atoms with E-state index in [0.717, 1.165) is 47.8 Å². The predicted molar refractivity (Wildman–Crippen MR) is 114 cm³/mol. The van der Waals surface area contributed by atoms with E-state index in [2.05, 4.69) is 39.5 Å². The number of carbonyl (C=O) groups is 1. The molecule has 29 heavy (non-hydrogen) atoms. The largest absolute Gasteiger partial charge is 0.373 e. The SMILES string of the molecule is CCc1nc2cc(Cl)ccn2c1C(O)NCc1ccc(N2CCC(=O)CC2)cc1. The normalized spacial score (nSPS) is 15.8. The van der Waals surface area contributed by atoms with Crippen LogP contribution in [0, 0.1) is 0 Å². The highest BCUT2D eigenvalue weighted by Gasteiger charge is 2.19. The Kier molecular flexibility index (Phi) is 5.85. The van der Waals surface area contributed by atoms with Crippen LogP contribution < -0.4 is 10.2 Å². The molecule has 3 aromatic rings. The lowest BCUT2D eigenvalue weighted by Crippen LogP contribution is -2.33. The van der Waals surface area contributed by atoms with Crippen LogP contribution in [0.25, 0.3) is 5.65 Å². The highest BCUT2D eigenvalue weighted by atomic mass is 35.5. The van der Waals surface area contributed by atoms with Gasteiger partial charge in [-0.3, -0.25) is 14.5 Å². The number of aromatic nitrogens is 2. The van der Waals surface area contributed by atoms with Crippen LogP contribution in [0.1, 0.15) is 42.9 Å². The summed E-state index contributed by atoms with van der Waals surface area (Å²) < 4.78 is 1.88. The predicted octanol–water partition coefficient (Wildman–Crippen LogP) is 3.50. The molecular weight excluding hydrogens is 388 g/mol. The summed E-state index contributed by atoms with van der Waals surface area (Å²) >= 11 is 6.07. The highest BCUT2D eigenvalue weighted by molar-refractivity contribution is 6.30. The quantitative estimate of drug-likeness (QED) is 0.606. The highest BCUT2D eigenvalue weighted by Crippen LogP contribution is 2.23. The number of hydrogen-bond acceptors (Lipinski definition) is 5. The van der Waals surface area contributed by atoms with Gasteiger partial charge in [-0.1, -0.05) is 30.7 Å². The third-order valence-corrected chi connectivity index (χ3v) is 5.65. The lowest BCUT2D eigenvalue weighted by atomic mass is 10.1. The van der Waals surface area contributed by atoms with E-state index in [0.29, 0.717) is 30.2 Å². The fourth-order valence-electron chi connectivity index (χ4n) is 3.79. The van der Waals surface area contributed by atoms with E-state index in [1.807, 2.05) is 17.5 Å². The van der Waals surface area contributed by atoms with Crippen LogP contribution in [-0.2, 0) is 17.8 Å². The molecule has 0 aliphatic carbocycles. The molecule has 1 unspecified atom stereocenters. The number of Topliss-reactive ketones (excluding diaryl/α,β-unsaturated/α-hetero) is 1. The van der Waals surface area contributed by atoms with Gasteiger partial charge >= 0.3 is 0 Å². The molecule has 1 saturated heterocycles. The Morgan fingerprint density at radius 1 is 1.21 bits per heavy atom. The fraction of sp³-hybridized carbons (Fsp3) is 0.364. The van der Waals surface area contributed by atoms with Gasteiger partial charge in [-0.05, 0) is 30.2 Å². The first-order valence-corrected chi connectivity index (χ1v) is 10.4. The molecule has 152 valence electrons. The second-order valence-electron chi connectivity index (χ2n) is 7.35. The molecule has 2 aromatic heterocycles. The Morgan fingerprint density at radius 3 is 2.62 bits per heavy atom. The van der Waals surface area contributed by atoms with Crippen molar-refractivity contribution in [3.63, 3.8) is 0 Å². The van der Waals surface area contributed by atoms with E-state index in [9.17, 15) is 9.90 Å². The summed E-state index contributed by atoms with van der Waals surface area (Å²) in [6.45, 7) is 4.12. The minimum atomic E-state index is -0.839. The van der Waals surface area contributed by atoms with Gasteiger partial charge in [0.25, 0.3) is 0 Å². The zero-order chi connectivity index (χ0) is 20.4. The smallest absolute Gasteiger partial charge is 0.148 e. The molecule has 0 bridgehead atoms. The van der Waals surface area contributed by atoms with Crippen molar-refractivity contribution in [2.24, 2.45) is 0 Å². The zero-order valence-electron chi connectivity index (χ0n) is 16.4. The molecule has 7 heteroatoms. The number of fused-ring (bicyclic) bond motifs is 1. The Bertz CT molecular complexity index is 1010. The number of anilines is 1. The third kappa shape index (κ3) is 4.29. The number of pyridine rings is 1. The summed E-state index contributed by atoms with van der Waals surface area (Å²) in [5.74, 6) is 0.345. The van der Waals surface area contributed by atoms with Gasteiger partial charge in [0.2, 0.25) is 0 Å². The van der Waals surface area contributed by atoms with Crippen LogP contribution in [0.5, 0.6) is 0 Å². The molecule has 6 nitrogen and oxygen atoms in total. The van der Waals surface area contributed by atoms with Gasteiger partial charge in [-0.2, -0.15) is 0 Å². The molecular formula is C22H25ClN4O2. The molecule has 2 N–H and O–H groups in total. The van der Waals surface area contributed by atoms with Gasteiger partial charge in [0.1, 0.15) is 17.7 Å². The van der Waals surface area contributed by atoms with Gasteiger partial charge in [-0.15, -0.1) is 0 Å². The number of hydrogen-bond donors (Lipinski definition) is 2. The zero-order valence-corrected chi connectivity index (χ0v) is 17.2. The Labute approximate surface area is 175 Å². The number of benzene rings is 1. The number of nitrogens with zero attached hydrogens (tertiary/aromatic N) is 3. The maximum absolute atomic E-state index is 11.4. The molecule has 3 heterocycles. The molecule has 0 amide bonds. The summed E-state index contributed by atoms with van der Waals surface area (Å²) in [7, 11) is 0. The molecule has 4 rings (SSSR count). The molecule has 1 fully saturated rings. The van der Waals surface area contributed by atoms with Crippen molar-refractivity contribution in [2.75, 3.05) is 18.0 Å². The van der Waals surface area contributed by atoms with E-state index < -0.39 is 6.23 Å². The molecule has 1 aromatic carbocycles. The monoisotopic (exact) mass is 412 g/mol. The van der Waals surface area contributed by atoms with Crippen molar-refractivity contribution in [1.29, 1.82) is 0 Å². The van der Waals surface area contributed by atoms with E-state index in [1.54, 1.807) is 12.1 Å². The Hall–Kier alpha value is -2.41. The standard InChI is InChI=1S/C22H25ClN4O2/c1-2-19-21(27-12-7-16(23)13-20(27)25-19)22(29)24-14-15-3-5-17(6-4-15)26-10-8-18(28)9-11-26/h3-7,12-13,22,24,29H,2,8-11,14H2,1H3. The average Bonchev–Trinajstić information content (AvgIpc) is 3.10. The number of piperidine rings is 1. The summed E-state index contributed by atoms with van der Waals surface area (Å²) in [6.07, 6.45) is 2.97. The number of rotatable bonds is 6. The fourth-order valence-corrected chi connectivity index (χ4v) is 3.94. The van der Waals surface area contributed by atoms with Gasteiger partial charge < -0.3 is 10.0 Å². The summed E-state index contributed by atoms with van der Waals surface area (Å²) in [5, 5.41) is 14.6. The first kappa shape index (κ1) is 19.9. The van der Waals surface area contributed by atoms with Crippen LogP contribution in [0.2, 0.25) is 5.02 Å². The second-order valence-corrected chi connectivity index (χ2v) is 7.78. The van der Waals surface area contributed by atoms with Crippen molar-refractivity contribution in [2.45, 2.75) is 39.0 Å². The van der Waals surface area contributed by atoms with Gasteiger partial charge in [0.15, 0.2) is 0 Å². The van der Waals surface area contributed by atoms with Crippen LogP contribution >= 0.6 is 11.6 Å². The lowest BCUT2D eigenvalue weighted by Gasteiger charge is -2.28. The lowest BCUT2D eigenvalue weighted by molar-refractivity contribution is -0.119. The minimum absolute atomic E-state index is 0.345. The number of ketones is 1. The van der Waals surface area contributed by atoms with E-state index in [-0.39, 0.29) is 0 Å². The summed E-state index contributed by atoms with van der Waals surface area (Å²) in [6, 6.07) is 11.9. The Morgan fingerprint density at radius 2 is 1.93 bits per heavy atom. The maximum atomic E-state index is 11.4. The number of imidazole rings is 1. The van der Waals surface area contributed by atoms with Gasteiger partial charge in [0, 0.05) is 55.4 Å². The Balaban J connectivity index is 1.44. The third-order valence-electron chi connectivity index (χ3n) is 5.42. The summed E-state index contributed by atoms with van der Waals surface area (Å²) in [4.78, 5) is 18.2. The van der Waals surface area contributed by atoms with Crippen molar-refractivity contribution in [1.82, 2.24) is 14.7 Å². The number of nitrogens with one attached hydrogen (secondary N) is 1. The number of aliphatic hydroxyl groups excluding tert-OH is 1. The first-order valence-electron chi connectivity index (χ1n) is 9.98. The number of halogens is 1. The topological polar surface area (TPSA) is 69.9 Å². The number of carbonyl (C=O) groups excluding carboxylic acids is 1. The van der Waals surface area contributed by atoms with Crippen LogP contribution in [-0.4, -0.2) is 33.4 Å². The van der Waals surface area contributed by atoms with Crippen molar-refractivity contribution in [3.8, 4) is 0 Å². The van der Waals surface area contributed by atoms with Gasteiger partial charge in [0.05, 0.1) is 11.4 Å². The van der Waals surface area contributed by atoms with Crippen molar-refractivity contribution in [3.05, 3.63) is 64.6 Å². The first-order chi connectivity index (χ1) is 14.0. The number of aryl methyl sites for hydroxylation is 1. The van der Waals surface area contributed by atoms with E-state index >= 15 is 0 Å². The average molecular weight is 413 g/mol. The molecule has 1 aliphatic rings. The number of aliphatic hydroxyl groups is 1. The summed E-state index contributed by atoms with van der Waals surface area (Å²) in [5.41, 5.74) is 4.54. The van der Waals surface area contributed by atoms with Crippen molar-refractivity contribution >= 4 is 28.7 Å². The van der Waals surface area contributed by atoms with Gasteiger partial charge in [-0.25, -0.2) is 4.98 Å². The van der Waals surface area contributed by atoms with Crippen LogP contribution in [0.4, 0.5) is 5.69 Å². The molecule has 0 spiro atoms. The molecule has 1 atom stereocenters. The minimum Gasteiger partial charge on any atom is -0.373 e. The molecule has 1 aliphatic heterocycles. The van der Waals surface area contributed by atoms with Crippen LogP contribution in [0.15, 0.2) is 42.6 Å². The van der Waals surface area contributed by atoms with Crippen LogP contribution in [0.3, 0.4) is 0 Å².